The van der Waals surface area contributed by atoms with Crippen LogP contribution in [0.5, 0.6) is 0 Å². The van der Waals surface area contributed by atoms with Crippen LogP contribution < -0.4 is 20.0 Å². The van der Waals surface area contributed by atoms with Crippen molar-refractivity contribution in [3.8, 4) is 0 Å². The van der Waals surface area contributed by atoms with Crippen molar-refractivity contribution in [3.05, 3.63) is 65.9 Å². The predicted octanol–water partition coefficient (Wildman–Crippen LogP) is 5.23. The number of hydrogen-bond acceptors (Lipinski definition) is 8. The van der Waals surface area contributed by atoms with E-state index < -0.39 is 5.60 Å². The van der Waals surface area contributed by atoms with Crippen molar-refractivity contribution in [2.45, 2.75) is 45.4 Å². The summed E-state index contributed by atoms with van der Waals surface area (Å²) in [4.78, 5) is 45.9. The third kappa shape index (κ3) is 5.94. The Balaban J connectivity index is 1.18. The van der Waals surface area contributed by atoms with Gasteiger partial charge in [0.2, 0.25) is 5.95 Å². The summed E-state index contributed by atoms with van der Waals surface area (Å²) in [5.74, 6) is 1.03. The zero-order valence-electron chi connectivity index (χ0n) is 25.6. The molecular weight excluding hydrogens is 544 g/mol. The number of piperazine rings is 1. The molecule has 3 aromatic rings. The van der Waals surface area contributed by atoms with E-state index in [4.69, 9.17) is 9.72 Å². The van der Waals surface area contributed by atoms with Gasteiger partial charge in [-0.1, -0.05) is 18.2 Å². The van der Waals surface area contributed by atoms with Crippen LogP contribution >= 0.6 is 0 Å². The van der Waals surface area contributed by atoms with Crippen molar-refractivity contribution in [2.24, 2.45) is 0 Å². The molecule has 1 atom stereocenters. The molecule has 0 spiro atoms. The minimum atomic E-state index is -0.597. The van der Waals surface area contributed by atoms with E-state index in [1.54, 1.807) is 23.0 Å². The second kappa shape index (κ2) is 11.4. The number of urea groups is 1. The molecular formula is C32H40N8O3. The van der Waals surface area contributed by atoms with Crippen LogP contribution in [-0.2, 0) is 11.3 Å². The zero-order chi connectivity index (χ0) is 30.3. The molecule has 3 aliphatic heterocycles. The number of nitrogens with zero attached hydrogens (tertiary/aromatic N) is 7. The maximum absolute atomic E-state index is 13.7. The minimum Gasteiger partial charge on any atom is -0.443 e. The van der Waals surface area contributed by atoms with Crippen molar-refractivity contribution in [2.75, 3.05) is 66.8 Å². The molecule has 43 heavy (non-hydrogen) atoms. The van der Waals surface area contributed by atoms with E-state index in [0.717, 1.165) is 48.7 Å². The van der Waals surface area contributed by atoms with E-state index in [1.165, 1.54) is 5.69 Å². The Morgan fingerprint density at radius 3 is 2.42 bits per heavy atom. The molecule has 0 saturated carbocycles. The molecule has 0 aliphatic carbocycles. The lowest BCUT2D eigenvalue weighted by Crippen LogP contribution is -2.50. The first-order valence-corrected chi connectivity index (χ1v) is 14.9. The summed E-state index contributed by atoms with van der Waals surface area (Å²) in [6, 6.07) is 15.7. The molecule has 0 unspecified atom stereocenters. The van der Waals surface area contributed by atoms with Crippen LogP contribution in [0.25, 0.3) is 0 Å². The first-order chi connectivity index (χ1) is 20.6. The lowest BCUT2D eigenvalue weighted by Gasteiger charge is -2.43. The fourth-order valence-corrected chi connectivity index (χ4v) is 5.96. The Morgan fingerprint density at radius 2 is 1.70 bits per heavy atom. The largest absolute Gasteiger partial charge is 0.443 e. The maximum atomic E-state index is 13.7. The summed E-state index contributed by atoms with van der Waals surface area (Å²) < 4.78 is 5.66. The van der Waals surface area contributed by atoms with Gasteiger partial charge >= 0.3 is 12.1 Å². The van der Waals surface area contributed by atoms with Gasteiger partial charge in [0.1, 0.15) is 11.4 Å². The highest BCUT2D eigenvalue weighted by atomic mass is 16.6. The van der Waals surface area contributed by atoms with Gasteiger partial charge < -0.3 is 24.8 Å². The summed E-state index contributed by atoms with van der Waals surface area (Å²) in [6.45, 7) is 10.6. The number of benzene rings is 2. The molecule has 1 fully saturated rings. The van der Waals surface area contributed by atoms with Crippen molar-refractivity contribution in [3.63, 3.8) is 0 Å². The van der Waals surface area contributed by atoms with Crippen LogP contribution in [-0.4, -0.2) is 84.3 Å². The van der Waals surface area contributed by atoms with Gasteiger partial charge in [0.05, 0.1) is 18.3 Å². The van der Waals surface area contributed by atoms with Crippen LogP contribution in [0.2, 0.25) is 0 Å². The van der Waals surface area contributed by atoms with Crippen molar-refractivity contribution in [1.82, 2.24) is 19.8 Å². The lowest BCUT2D eigenvalue weighted by atomic mass is 9.94. The summed E-state index contributed by atoms with van der Waals surface area (Å²) in [7, 11) is 3.90. The number of para-hydroxylation sites is 1. The molecule has 1 saturated heterocycles. The van der Waals surface area contributed by atoms with Crippen molar-refractivity contribution < 1.29 is 14.3 Å². The molecule has 2 aromatic carbocycles. The lowest BCUT2D eigenvalue weighted by molar-refractivity contribution is 0.0572. The third-order valence-electron chi connectivity index (χ3n) is 8.23. The van der Waals surface area contributed by atoms with Crippen LogP contribution in [0.1, 0.15) is 44.4 Å². The van der Waals surface area contributed by atoms with Gasteiger partial charge in [0.15, 0.2) is 0 Å². The Kier molecular flexibility index (Phi) is 7.59. The number of ether oxygens (including phenoxy) is 1. The smallest absolute Gasteiger partial charge is 0.414 e. The highest BCUT2D eigenvalue weighted by molar-refractivity contribution is 5.94. The number of fused-ring (bicyclic) bond motifs is 2. The van der Waals surface area contributed by atoms with Crippen LogP contribution in [0, 0.1) is 0 Å². The topological polar surface area (TPSA) is 97.4 Å². The summed E-state index contributed by atoms with van der Waals surface area (Å²) >= 11 is 0. The molecule has 3 aliphatic rings. The number of rotatable bonds is 4. The molecule has 0 bridgehead atoms. The summed E-state index contributed by atoms with van der Waals surface area (Å²) in [6.07, 6.45) is 2.00. The number of amides is 3. The first kappa shape index (κ1) is 28.7. The molecule has 11 heteroatoms. The number of hydrogen-bond donors (Lipinski definition) is 1. The Morgan fingerprint density at radius 1 is 0.977 bits per heavy atom. The van der Waals surface area contributed by atoms with Gasteiger partial charge in [-0.15, -0.1) is 0 Å². The number of nitrogens with one attached hydrogen (secondary N) is 1. The van der Waals surface area contributed by atoms with Gasteiger partial charge in [-0.05, 0) is 70.1 Å². The fourth-order valence-electron chi connectivity index (χ4n) is 5.96. The van der Waals surface area contributed by atoms with Crippen LogP contribution in [0.15, 0.2) is 54.7 Å². The summed E-state index contributed by atoms with van der Waals surface area (Å²) in [5, 5.41) is 3.30. The maximum Gasteiger partial charge on any atom is 0.414 e. The Bertz CT molecular complexity index is 1500. The molecule has 0 radical (unpaired) electrons. The van der Waals surface area contributed by atoms with Crippen LogP contribution in [0.3, 0.4) is 0 Å². The SMILES string of the molecule is CN1CCN(c2ccc(Nc3ncc4c(n3)N(C)C(=O)N([C@H]3CCN(C(=O)OC(C)(C)C)c5ccccc53)C4)cc2)CC1. The Hall–Kier alpha value is -4.38. The van der Waals surface area contributed by atoms with Gasteiger partial charge in [-0.25, -0.2) is 14.6 Å². The monoisotopic (exact) mass is 584 g/mol. The highest BCUT2D eigenvalue weighted by Gasteiger charge is 2.39. The second-order valence-corrected chi connectivity index (χ2v) is 12.5. The molecule has 6 rings (SSSR count). The van der Waals surface area contributed by atoms with Crippen LogP contribution in [0.4, 0.5) is 38.4 Å². The standard InChI is InChI=1S/C32H40N8O3/c1-32(2,3)43-31(42)39-15-14-27(25-8-6-7-9-26(25)39)40-21-22-20-33-29(35-28(22)37(5)30(40)41)34-23-10-12-24(13-11-23)38-18-16-36(4)17-19-38/h6-13,20,27H,14-19,21H2,1-5H3,(H,33,34,35)/t27-/m0/s1. The third-order valence-corrected chi connectivity index (χ3v) is 8.23. The Labute approximate surface area is 253 Å². The number of anilines is 5. The van der Waals surface area contributed by atoms with Crippen molar-refractivity contribution >= 4 is 41.0 Å². The van der Waals surface area contributed by atoms with Gasteiger partial charge in [-0.2, -0.15) is 4.98 Å². The van der Waals surface area contributed by atoms with Crippen molar-refractivity contribution in [1.29, 1.82) is 0 Å². The van der Waals surface area contributed by atoms with Gasteiger partial charge in [-0.3, -0.25) is 9.80 Å². The molecule has 4 heterocycles. The number of carbonyl (C=O) groups excluding carboxylic acids is 2. The van der Waals surface area contributed by atoms with E-state index in [0.29, 0.717) is 31.3 Å². The molecule has 11 nitrogen and oxygen atoms in total. The normalized spacial score (nSPS) is 19.2. The quantitative estimate of drug-likeness (QED) is 0.445. The molecule has 1 N–H and O–H groups in total. The van der Waals surface area contributed by atoms with Gasteiger partial charge in [0, 0.05) is 62.9 Å². The second-order valence-electron chi connectivity index (χ2n) is 12.5. The number of carbonyl (C=O) groups is 2. The van der Waals surface area contributed by atoms with E-state index in [9.17, 15) is 9.59 Å². The fraction of sp³-hybridized carbons (Fsp3) is 0.438. The summed E-state index contributed by atoms with van der Waals surface area (Å²) in [5.41, 5.74) is 4.05. The average Bonchev–Trinajstić information content (AvgIpc) is 2.99. The minimum absolute atomic E-state index is 0.140. The number of aromatic nitrogens is 2. The van der Waals surface area contributed by atoms with E-state index in [2.05, 4.69) is 39.3 Å². The van der Waals surface area contributed by atoms with E-state index >= 15 is 0 Å². The molecule has 3 amide bonds. The molecule has 1 aromatic heterocycles. The molecule has 226 valence electrons. The van der Waals surface area contributed by atoms with E-state index in [-0.39, 0.29) is 18.2 Å². The van der Waals surface area contributed by atoms with E-state index in [1.807, 2.05) is 62.1 Å². The highest BCUT2D eigenvalue weighted by Crippen LogP contribution is 2.41. The first-order valence-electron chi connectivity index (χ1n) is 14.9. The predicted molar refractivity (Wildman–Crippen MR) is 168 cm³/mol. The van der Waals surface area contributed by atoms with Gasteiger partial charge in [0.25, 0.3) is 0 Å². The number of likely N-dealkylation sites (N-methyl/N-ethyl adjacent to an activating group) is 1. The zero-order valence-corrected chi connectivity index (χ0v) is 25.6. The average molecular weight is 585 g/mol.